The topological polar surface area (TPSA) is 201 Å². The first kappa shape index (κ1) is 31.9. The van der Waals surface area contributed by atoms with Crippen molar-refractivity contribution in [3.63, 3.8) is 0 Å². The van der Waals surface area contributed by atoms with Gasteiger partial charge in [-0.3, -0.25) is 14.1 Å². The number of carbonyl (C=O) groups is 4. The molecule has 40 heavy (non-hydrogen) atoms. The number of nitrogens with zero attached hydrogens (tertiary/aromatic N) is 1. The van der Waals surface area contributed by atoms with Crippen molar-refractivity contribution in [2.75, 3.05) is 19.6 Å². The van der Waals surface area contributed by atoms with E-state index in [9.17, 15) is 37.3 Å². The number of rotatable bonds is 10. The van der Waals surface area contributed by atoms with Gasteiger partial charge in [-0.2, -0.15) is 8.42 Å². The molecular weight excluding hydrogens is 548 g/mol. The molecule has 2 saturated heterocycles. The molecule has 5 N–H and O–H groups in total. The van der Waals surface area contributed by atoms with Gasteiger partial charge in [0, 0.05) is 31.0 Å². The van der Waals surface area contributed by atoms with Crippen LogP contribution in [0.4, 0.5) is 9.59 Å². The Hall–Kier alpha value is -2.65. The monoisotopic (exact) mass is 590 g/mol. The molecule has 3 rings (SSSR count). The zero-order valence-corrected chi connectivity index (χ0v) is 24.5. The Bertz CT molecular complexity index is 1080. The molecule has 4 atom stereocenters. The predicted octanol–water partition coefficient (Wildman–Crippen LogP) is 0.744. The van der Waals surface area contributed by atoms with E-state index in [-0.39, 0.29) is 36.2 Å². The molecule has 0 bridgehead atoms. The van der Waals surface area contributed by atoms with Crippen molar-refractivity contribution in [2.45, 2.75) is 95.9 Å². The quantitative estimate of drug-likeness (QED) is 0.226. The van der Waals surface area contributed by atoms with E-state index in [1.54, 1.807) is 25.7 Å². The molecule has 228 valence electrons. The van der Waals surface area contributed by atoms with Crippen LogP contribution in [-0.2, 0) is 29.2 Å². The van der Waals surface area contributed by atoms with Crippen LogP contribution in [0.2, 0.25) is 0 Å². The number of likely N-dealkylation sites (tertiary alicyclic amines) is 1. The Kier molecular flexibility index (Phi) is 9.62. The summed E-state index contributed by atoms with van der Waals surface area (Å²) < 4.78 is 43.5. The lowest BCUT2D eigenvalue weighted by Crippen LogP contribution is -2.66. The fourth-order valence-corrected chi connectivity index (χ4v) is 6.01. The maximum atomic E-state index is 13.1. The average molecular weight is 591 g/mol. The van der Waals surface area contributed by atoms with Crippen LogP contribution in [0, 0.1) is 17.3 Å². The average Bonchev–Trinajstić information content (AvgIpc) is 3.14. The summed E-state index contributed by atoms with van der Waals surface area (Å²) in [7, 11) is -4.95. The third-order valence-corrected chi connectivity index (χ3v) is 8.23. The smallest absolute Gasteiger partial charge is 0.410 e. The van der Waals surface area contributed by atoms with E-state index < -0.39 is 57.3 Å². The van der Waals surface area contributed by atoms with Crippen LogP contribution in [-0.4, -0.2) is 95.8 Å². The van der Waals surface area contributed by atoms with Gasteiger partial charge in [0.25, 0.3) is 10.1 Å². The molecule has 3 fully saturated rings. The lowest BCUT2D eigenvalue weighted by Gasteiger charge is -2.57. The Labute approximate surface area is 234 Å². The van der Waals surface area contributed by atoms with Gasteiger partial charge in [0.05, 0.1) is 6.04 Å². The van der Waals surface area contributed by atoms with Crippen LogP contribution < -0.4 is 16.0 Å². The van der Waals surface area contributed by atoms with E-state index in [4.69, 9.17) is 9.47 Å². The summed E-state index contributed by atoms with van der Waals surface area (Å²) in [6, 6.07) is -2.61. The van der Waals surface area contributed by atoms with Gasteiger partial charge in [-0.1, -0.05) is 13.8 Å². The first-order valence-corrected chi connectivity index (χ1v) is 15.1. The summed E-state index contributed by atoms with van der Waals surface area (Å²) in [5.41, 5.74) is -3.06. The summed E-state index contributed by atoms with van der Waals surface area (Å²) in [5, 5.41) is 17.7. The minimum atomic E-state index is -4.95. The number of alkyl carbamates (subject to hydrolysis) is 1. The van der Waals surface area contributed by atoms with Crippen molar-refractivity contribution in [1.82, 2.24) is 20.9 Å². The molecule has 1 unspecified atom stereocenters. The molecule has 1 spiro atoms. The molecule has 0 aromatic heterocycles. The second kappa shape index (κ2) is 12.1. The maximum Gasteiger partial charge on any atom is 0.410 e. The molecule has 0 aromatic carbocycles. The van der Waals surface area contributed by atoms with E-state index in [1.807, 2.05) is 13.8 Å². The molecule has 3 aliphatic rings. The van der Waals surface area contributed by atoms with Gasteiger partial charge in [-0.05, 0) is 58.8 Å². The molecule has 14 nitrogen and oxygen atoms in total. The highest BCUT2D eigenvalue weighted by molar-refractivity contribution is 7.86. The zero-order valence-electron chi connectivity index (χ0n) is 23.6. The predicted molar refractivity (Wildman–Crippen MR) is 141 cm³/mol. The Morgan fingerprint density at radius 1 is 1.18 bits per heavy atom. The van der Waals surface area contributed by atoms with Gasteiger partial charge >= 0.3 is 12.2 Å². The van der Waals surface area contributed by atoms with Crippen LogP contribution in [0.25, 0.3) is 0 Å². The van der Waals surface area contributed by atoms with Crippen molar-refractivity contribution in [1.29, 1.82) is 0 Å². The van der Waals surface area contributed by atoms with Crippen molar-refractivity contribution in [2.24, 2.45) is 17.3 Å². The van der Waals surface area contributed by atoms with E-state index in [0.717, 1.165) is 0 Å². The van der Waals surface area contributed by atoms with Crippen LogP contribution in [0.15, 0.2) is 0 Å². The molecule has 4 amide bonds. The van der Waals surface area contributed by atoms with E-state index in [1.165, 1.54) is 0 Å². The van der Waals surface area contributed by atoms with Crippen molar-refractivity contribution in [3.05, 3.63) is 0 Å². The van der Waals surface area contributed by atoms with Crippen molar-refractivity contribution < 1.29 is 46.7 Å². The molecule has 2 aliphatic heterocycles. The lowest BCUT2D eigenvalue weighted by molar-refractivity contribution is -0.129. The number of hydrogen-bond acceptors (Lipinski definition) is 9. The second-order valence-corrected chi connectivity index (χ2v) is 14.1. The second-order valence-electron chi connectivity index (χ2n) is 12.6. The highest BCUT2D eigenvalue weighted by Crippen LogP contribution is 2.49. The summed E-state index contributed by atoms with van der Waals surface area (Å²) in [5.74, 6) is -1.84. The van der Waals surface area contributed by atoms with Gasteiger partial charge in [0.15, 0.2) is 0 Å². The molecule has 1 aliphatic carbocycles. The first-order valence-electron chi connectivity index (χ1n) is 13.5. The summed E-state index contributed by atoms with van der Waals surface area (Å²) in [6.45, 7) is 10.4. The van der Waals surface area contributed by atoms with Crippen molar-refractivity contribution >= 4 is 34.1 Å². The van der Waals surface area contributed by atoms with Gasteiger partial charge in [-0.15, -0.1) is 0 Å². The van der Waals surface area contributed by atoms with Crippen LogP contribution in [0.5, 0.6) is 0 Å². The standard InChI is InChI=1S/C25H42N4O10S/c1-14(2)8-17(20(31)27-18(21(32)40(35,36)37)9-15-6-7-26-19(15)30)28-22(33)38-16-10-25(11-16)12-29(13-25)23(34)39-24(3,4)5/h14-18,21,32H,6-13H2,1-5H3,(H,26,30)(H,27,31)(H,28,33)(H,35,36,37)/t15-,17+,18+,21?/m1/s1. The third-order valence-electron chi connectivity index (χ3n) is 7.29. The number of ether oxygens (including phenoxy) is 2. The highest BCUT2D eigenvalue weighted by Gasteiger charge is 2.56. The Morgan fingerprint density at radius 3 is 2.30 bits per heavy atom. The molecule has 15 heteroatoms. The summed E-state index contributed by atoms with van der Waals surface area (Å²) in [6.07, 6.45) is -0.138. The number of aliphatic hydroxyl groups is 1. The van der Waals surface area contributed by atoms with Gasteiger partial charge < -0.3 is 35.4 Å². The van der Waals surface area contributed by atoms with Crippen LogP contribution in [0.3, 0.4) is 0 Å². The summed E-state index contributed by atoms with van der Waals surface area (Å²) >= 11 is 0. The SMILES string of the molecule is CC(C)C[C@H](NC(=O)OC1CC2(C1)CN(C(=O)OC(C)(C)C)C2)C(=O)N[C@@H](C[C@H]1CCNC1=O)C(O)S(=O)(=O)O. The number of hydrogen-bond donors (Lipinski definition) is 5. The van der Waals surface area contributed by atoms with E-state index in [0.29, 0.717) is 38.9 Å². The van der Waals surface area contributed by atoms with E-state index >= 15 is 0 Å². The Balaban J connectivity index is 1.54. The minimum Gasteiger partial charge on any atom is -0.446 e. The number of amides is 4. The first-order chi connectivity index (χ1) is 18.4. The minimum absolute atomic E-state index is 0.0533. The fourth-order valence-electron chi connectivity index (χ4n) is 5.41. The zero-order chi connectivity index (χ0) is 30.0. The third kappa shape index (κ3) is 8.43. The van der Waals surface area contributed by atoms with E-state index in [2.05, 4.69) is 16.0 Å². The normalized spacial score (nSPS) is 22.9. The summed E-state index contributed by atoms with van der Waals surface area (Å²) in [4.78, 5) is 51.5. The van der Waals surface area contributed by atoms with Crippen LogP contribution >= 0.6 is 0 Å². The maximum absolute atomic E-state index is 13.1. The fraction of sp³-hybridized carbons (Fsp3) is 0.840. The largest absolute Gasteiger partial charge is 0.446 e. The molecule has 0 aromatic rings. The highest BCUT2D eigenvalue weighted by atomic mass is 32.2. The number of nitrogens with one attached hydrogen (secondary N) is 3. The molecule has 0 radical (unpaired) electrons. The number of aliphatic hydroxyl groups excluding tert-OH is 1. The Morgan fingerprint density at radius 2 is 1.80 bits per heavy atom. The number of carbonyl (C=O) groups excluding carboxylic acids is 4. The molecule has 2 heterocycles. The van der Waals surface area contributed by atoms with Gasteiger partial charge in [-0.25, -0.2) is 9.59 Å². The van der Waals surface area contributed by atoms with Gasteiger partial charge in [0.1, 0.15) is 17.7 Å². The lowest BCUT2D eigenvalue weighted by atomic mass is 9.62. The molecular formula is C25H42N4O10S. The van der Waals surface area contributed by atoms with Crippen LogP contribution in [0.1, 0.15) is 66.7 Å². The van der Waals surface area contributed by atoms with Gasteiger partial charge in [0.2, 0.25) is 17.3 Å². The molecule has 1 saturated carbocycles. The van der Waals surface area contributed by atoms with Crippen molar-refractivity contribution in [3.8, 4) is 0 Å².